The van der Waals surface area contributed by atoms with E-state index in [-0.39, 0.29) is 11.9 Å². The van der Waals surface area contributed by atoms with Gasteiger partial charge in [-0.15, -0.1) is 0 Å². The fraction of sp³-hybridized carbons (Fsp3) is 0.500. The largest absolute Gasteiger partial charge is 0.352 e. The molecule has 1 atom stereocenters. The van der Waals surface area contributed by atoms with Crippen molar-refractivity contribution in [3.63, 3.8) is 0 Å². The lowest BCUT2D eigenvalue weighted by Gasteiger charge is -2.15. The highest BCUT2D eigenvalue weighted by molar-refractivity contribution is 5.80. The van der Waals surface area contributed by atoms with E-state index in [1.807, 2.05) is 43.9 Å². The number of aromatic nitrogens is 4. The molecular weight excluding hydrogens is 254 g/mol. The van der Waals surface area contributed by atoms with Crippen LogP contribution >= 0.6 is 0 Å². The van der Waals surface area contributed by atoms with Gasteiger partial charge in [0.2, 0.25) is 5.91 Å². The van der Waals surface area contributed by atoms with Crippen LogP contribution in [0.25, 0.3) is 0 Å². The summed E-state index contributed by atoms with van der Waals surface area (Å²) in [6, 6.07) is 1.59. The molecule has 0 radical (unpaired) electrons. The molecule has 1 N–H and O–H groups in total. The Balaban J connectivity index is 1.87. The molecule has 0 fully saturated rings. The molecule has 0 aliphatic heterocycles. The first-order valence-corrected chi connectivity index (χ1v) is 6.88. The van der Waals surface area contributed by atoms with Gasteiger partial charge in [0.1, 0.15) is 6.04 Å². The fourth-order valence-electron chi connectivity index (χ4n) is 2.14. The second-order valence-corrected chi connectivity index (χ2v) is 4.81. The van der Waals surface area contributed by atoms with E-state index < -0.39 is 0 Å². The minimum atomic E-state index is -0.240. The van der Waals surface area contributed by atoms with Crippen molar-refractivity contribution in [2.75, 3.05) is 6.54 Å². The highest BCUT2D eigenvalue weighted by Gasteiger charge is 2.17. The average Bonchev–Trinajstić information content (AvgIpc) is 3.05. The quantitative estimate of drug-likeness (QED) is 0.868. The summed E-state index contributed by atoms with van der Waals surface area (Å²) in [5, 5.41) is 7.09. The summed E-state index contributed by atoms with van der Waals surface area (Å²) in [6.07, 6.45) is 6.03. The van der Waals surface area contributed by atoms with Gasteiger partial charge < -0.3 is 9.88 Å². The third-order valence-electron chi connectivity index (χ3n) is 3.53. The van der Waals surface area contributed by atoms with Crippen molar-refractivity contribution < 1.29 is 4.79 Å². The van der Waals surface area contributed by atoms with Crippen molar-refractivity contribution in [2.24, 2.45) is 0 Å². The maximum absolute atomic E-state index is 12.2. The Morgan fingerprint density at radius 2 is 2.25 bits per heavy atom. The number of hydrogen-bond donors (Lipinski definition) is 1. The van der Waals surface area contributed by atoms with Crippen LogP contribution in [0.5, 0.6) is 0 Å². The molecule has 6 heteroatoms. The smallest absolute Gasteiger partial charge is 0.244 e. The fourth-order valence-corrected chi connectivity index (χ4v) is 2.14. The second kappa shape index (κ2) is 6.36. The van der Waals surface area contributed by atoms with Crippen LogP contribution in [-0.4, -0.2) is 31.8 Å². The van der Waals surface area contributed by atoms with Gasteiger partial charge in [-0.05, 0) is 26.3 Å². The van der Waals surface area contributed by atoms with Crippen molar-refractivity contribution in [2.45, 2.75) is 39.8 Å². The maximum Gasteiger partial charge on any atom is 0.244 e. The summed E-state index contributed by atoms with van der Waals surface area (Å²) in [4.78, 5) is 16.4. The van der Waals surface area contributed by atoms with Crippen molar-refractivity contribution in [3.05, 3.63) is 36.2 Å². The molecule has 0 spiro atoms. The molecule has 2 aromatic heterocycles. The number of nitrogens with zero attached hydrogens (tertiary/aromatic N) is 4. The molecule has 1 unspecified atom stereocenters. The Morgan fingerprint density at radius 1 is 1.45 bits per heavy atom. The van der Waals surface area contributed by atoms with Gasteiger partial charge in [0.25, 0.3) is 0 Å². The zero-order chi connectivity index (χ0) is 14.5. The number of nitrogens with one attached hydrogen (secondary N) is 1. The van der Waals surface area contributed by atoms with Crippen LogP contribution in [0.3, 0.4) is 0 Å². The Kier molecular flexibility index (Phi) is 4.55. The summed E-state index contributed by atoms with van der Waals surface area (Å²) in [6.45, 7) is 7.31. The maximum atomic E-state index is 12.2. The predicted molar refractivity (Wildman–Crippen MR) is 76.3 cm³/mol. The highest BCUT2D eigenvalue weighted by atomic mass is 16.2. The topological polar surface area (TPSA) is 64.7 Å². The van der Waals surface area contributed by atoms with E-state index in [0.717, 1.165) is 24.4 Å². The lowest BCUT2D eigenvalue weighted by atomic mass is 10.2. The van der Waals surface area contributed by atoms with Crippen molar-refractivity contribution in [1.82, 2.24) is 24.6 Å². The molecule has 2 rings (SSSR count). The van der Waals surface area contributed by atoms with Gasteiger partial charge in [-0.2, -0.15) is 5.10 Å². The van der Waals surface area contributed by atoms with Gasteiger partial charge in [0, 0.05) is 31.2 Å². The SMILES string of the molecule is CCC(C(=O)NCCn1cnc(C)c1C)n1cccn1. The minimum Gasteiger partial charge on any atom is -0.352 e. The molecule has 6 nitrogen and oxygen atoms in total. The molecule has 0 saturated carbocycles. The van der Waals surface area contributed by atoms with Gasteiger partial charge in [0.15, 0.2) is 0 Å². The van der Waals surface area contributed by atoms with Crippen LogP contribution in [0.2, 0.25) is 0 Å². The molecule has 0 aliphatic carbocycles. The number of aryl methyl sites for hydroxylation is 1. The molecule has 0 aromatic carbocycles. The van der Waals surface area contributed by atoms with Crippen LogP contribution in [0.15, 0.2) is 24.8 Å². The van der Waals surface area contributed by atoms with Crippen LogP contribution in [-0.2, 0) is 11.3 Å². The van der Waals surface area contributed by atoms with Gasteiger partial charge in [-0.1, -0.05) is 6.92 Å². The van der Waals surface area contributed by atoms with E-state index in [1.165, 1.54) is 0 Å². The second-order valence-electron chi connectivity index (χ2n) is 4.81. The number of carbonyl (C=O) groups excluding carboxylic acids is 1. The molecule has 108 valence electrons. The zero-order valence-electron chi connectivity index (χ0n) is 12.2. The van der Waals surface area contributed by atoms with E-state index in [4.69, 9.17) is 0 Å². The summed E-state index contributed by atoms with van der Waals surface area (Å²) >= 11 is 0. The zero-order valence-corrected chi connectivity index (χ0v) is 12.2. The molecule has 0 saturated heterocycles. The summed E-state index contributed by atoms with van der Waals surface area (Å²) in [5.41, 5.74) is 2.16. The molecule has 0 aliphatic rings. The number of carbonyl (C=O) groups is 1. The van der Waals surface area contributed by atoms with E-state index in [1.54, 1.807) is 10.9 Å². The van der Waals surface area contributed by atoms with E-state index >= 15 is 0 Å². The first-order valence-electron chi connectivity index (χ1n) is 6.88. The van der Waals surface area contributed by atoms with Crippen LogP contribution < -0.4 is 5.32 Å². The normalized spacial score (nSPS) is 12.3. The van der Waals surface area contributed by atoms with Crippen LogP contribution in [0, 0.1) is 13.8 Å². The summed E-state index contributed by atoms with van der Waals surface area (Å²) < 4.78 is 3.74. The number of hydrogen-bond acceptors (Lipinski definition) is 3. The number of amides is 1. The van der Waals surface area contributed by atoms with Gasteiger partial charge in [-0.3, -0.25) is 9.48 Å². The highest BCUT2D eigenvalue weighted by Crippen LogP contribution is 2.09. The molecule has 20 heavy (non-hydrogen) atoms. The van der Waals surface area contributed by atoms with Crippen molar-refractivity contribution in [1.29, 1.82) is 0 Å². The van der Waals surface area contributed by atoms with Crippen LogP contribution in [0.1, 0.15) is 30.8 Å². The lowest BCUT2D eigenvalue weighted by molar-refractivity contribution is -0.124. The Bertz CT molecular complexity index is 558. The molecule has 2 aromatic rings. The third-order valence-corrected chi connectivity index (χ3v) is 3.53. The monoisotopic (exact) mass is 275 g/mol. The Hall–Kier alpha value is -2.11. The van der Waals surface area contributed by atoms with Gasteiger partial charge >= 0.3 is 0 Å². The molecular formula is C14H21N5O. The Morgan fingerprint density at radius 3 is 2.80 bits per heavy atom. The minimum absolute atomic E-state index is 0.00527. The summed E-state index contributed by atoms with van der Waals surface area (Å²) in [7, 11) is 0. The summed E-state index contributed by atoms with van der Waals surface area (Å²) in [5.74, 6) is 0.00527. The van der Waals surface area contributed by atoms with E-state index in [2.05, 4.69) is 15.4 Å². The van der Waals surface area contributed by atoms with E-state index in [0.29, 0.717) is 6.54 Å². The van der Waals surface area contributed by atoms with Crippen molar-refractivity contribution in [3.8, 4) is 0 Å². The number of rotatable bonds is 6. The van der Waals surface area contributed by atoms with Gasteiger partial charge in [0.05, 0.1) is 12.0 Å². The first kappa shape index (κ1) is 14.3. The van der Waals surface area contributed by atoms with Crippen LogP contribution in [0.4, 0.5) is 0 Å². The lowest BCUT2D eigenvalue weighted by Crippen LogP contribution is -2.34. The molecule has 0 bridgehead atoms. The van der Waals surface area contributed by atoms with E-state index in [9.17, 15) is 4.79 Å². The van der Waals surface area contributed by atoms with Crippen molar-refractivity contribution >= 4 is 5.91 Å². The Labute approximate surface area is 118 Å². The first-order chi connectivity index (χ1) is 9.63. The van der Waals surface area contributed by atoms with Gasteiger partial charge in [-0.25, -0.2) is 4.98 Å². The standard InChI is InChI=1S/C14H21N5O/c1-4-13(19-8-5-6-17-19)14(20)15-7-9-18-10-16-11(2)12(18)3/h5-6,8,10,13H,4,7,9H2,1-3H3,(H,15,20). The molecule has 1 amide bonds. The third kappa shape index (κ3) is 3.07. The average molecular weight is 275 g/mol. The molecule has 2 heterocycles. The number of imidazole rings is 1. The predicted octanol–water partition coefficient (Wildman–Crippen LogP) is 1.46.